The summed E-state index contributed by atoms with van der Waals surface area (Å²) in [6.07, 6.45) is 2.31. The van der Waals surface area contributed by atoms with E-state index in [0.29, 0.717) is 11.5 Å². The third-order valence-electron chi connectivity index (χ3n) is 3.39. The lowest BCUT2D eigenvalue weighted by atomic mass is 10.0. The van der Waals surface area contributed by atoms with Crippen molar-refractivity contribution >= 4 is 27.6 Å². The van der Waals surface area contributed by atoms with Gasteiger partial charge in [0.25, 0.3) is 0 Å². The monoisotopic (exact) mass is 327 g/mol. The van der Waals surface area contributed by atoms with Crippen molar-refractivity contribution in [2.45, 2.75) is 12.8 Å². The second-order valence-corrected chi connectivity index (χ2v) is 5.79. The number of carboxylic acids is 1. The fourth-order valence-corrected chi connectivity index (χ4v) is 3.07. The van der Waals surface area contributed by atoms with E-state index in [1.807, 2.05) is 13.1 Å². The average Bonchev–Trinajstić information content (AvgIpc) is 2.39. The topological polar surface area (TPSA) is 49.8 Å². The van der Waals surface area contributed by atoms with Crippen molar-refractivity contribution < 1.29 is 14.6 Å². The molecule has 0 amide bonds. The number of halogens is 1. The molecule has 1 aromatic rings. The van der Waals surface area contributed by atoms with Crippen LogP contribution in [0.15, 0.2) is 22.7 Å². The van der Waals surface area contributed by atoms with Crippen LogP contribution in [0.3, 0.4) is 0 Å². The number of benzene rings is 1. The molecule has 1 aliphatic rings. The molecule has 1 aliphatic heterocycles. The third-order valence-corrected chi connectivity index (χ3v) is 4.03. The molecule has 4 nitrogen and oxygen atoms in total. The molecule has 0 bridgehead atoms. The van der Waals surface area contributed by atoms with E-state index in [4.69, 9.17) is 9.84 Å². The van der Waals surface area contributed by atoms with Gasteiger partial charge in [-0.3, -0.25) is 0 Å². The third kappa shape index (κ3) is 3.70. The number of rotatable bonds is 4. The molecule has 0 spiro atoms. The first-order chi connectivity index (χ1) is 9.08. The van der Waals surface area contributed by atoms with Crippen molar-refractivity contribution in [3.63, 3.8) is 0 Å². The van der Waals surface area contributed by atoms with Crippen LogP contribution in [0.4, 0.5) is 5.69 Å². The largest absolute Gasteiger partial charge is 0.478 e. The Bertz CT molecular complexity index is 458. The van der Waals surface area contributed by atoms with E-state index in [1.54, 1.807) is 12.1 Å². The average molecular weight is 328 g/mol. The summed E-state index contributed by atoms with van der Waals surface area (Å²) in [4.78, 5) is 13.0. The van der Waals surface area contributed by atoms with E-state index in [0.717, 1.165) is 36.3 Å². The molecule has 0 aromatic heterocycles. The minimum absolute atomic E-state index is 0.296. The second kappa shape index (κ2) is 6.39. The Balaban J connectivity index is 2.05. The number of carboxylic acid groups (broad SMARTS) is 1. The van der Waals surface area contributed by atoms with Crippen LogP contribution in [0.5, 0.6) is 0 Å². The van der Waals surface area contributed by atoms with E-state index in [-0.39, 0.29) is 0 Å². The SMILES string of the molecule is CN(CC1CCCOC1)c1ccc(C(=O)O)cc1Br. The van der Waals surface area contributed by atoms with Gasteiger partial charge in [-0.1, -0.05) is 0 Å². The van der Waals surface area contributed by atoms with Crippen LogP contribution in [0.1, 0.15) is 23.2 Å². The highest BCUT2D eigenvalue weighted by Gasteiger charge is 2.17. The summed E-state index contributed by atoms with van der Waals surface area (Å²) in [6, 6.07) is 5.12. The number of aromatic carboxylic acids is 1. The molecule has 1 unspecified atom stereocenters. The first kappa shape index (κ1) is 14.3. The molecule has 0 radical (unpaired) electrons. The van der Waals surface area contributed by atoms with Gasteiger partial charge in [-0.25, -0.2) is 4.79 Å². The fourth-order valence-electron chi connectivity index (χ4n) is 2.39. The standard InChI is InChI=1S/C14H18BrNO3/c1-16(8-10-3-2-6-19-9-10)13-5-4-11(14(17)18)7-12(13)15/h4-5,7,10H,2-3,6,8-9H2,1H3,(H,17,18). The summed E-state index contributed by atoms with van der Waals surface area (Å²) in [6.45, 7) is 2.61. The molecule has 1 fully saturated rings. The number of nitrogens with zero attached hydrogens (tertiary/aromatic N) is 1. The van der Waals surface area contributed by atoms with Gasteiger partial charge in [0.05, 0.1) is 17.9 Å². The Morgan fingerprint density at radius 2 is 2.37 bits per heavy atom. The number of anilines is 1. The molecule has 1 N–H and O–H groups in total. The summed E-state index contributed by atoms with van der Waals surface area (Å²) < 4.78 is 6.30. The van der Waals surface area contributed by atoms with Crippen molar-refractivity contribution in [3.8, 4) is 0 Å². The quantitative estimate of drug-likeness (QED) is 0.923. The number of carbonyl (C=O) groups is 1. The Hall–Kier alpha value is -1.07. The molecule has 1 heterocycles. The van der Waals surface area contributed by atoms with E-state index in [9.17, 15) is 4.79 Å². The predicted molar refractivity (Wildman–Crippen MR) is 77.9 cm³/mol. The summed E-state index contributed by atoms with van der Waals surface area (Å²) >= 11 is 3.44. The Morgan fingerprint density at radius 3 is 2.95 bits per heavy atom. The lowest BCUT2D eigenvalue weighted by molar-refractivity contribution is 0.0576. The van der Waals surface area contributed by atoms with Crippen LogP contribution in [0, 0.1) is 5.92 Å². The number of hydrogen-bond donors (Lipinski definition) is 1. The van der Waals surface area contributed by atoms with E-state index in [2.05, 4.69) is 20.8 Å². The van der Waals surface area contributed by atoms with Crippen molar-refractivity contribution in [1.29, 1.82) is 0 Å². The summed E-state index contributed by atoms with van der Waals surface area (Å²) in [5, 5.41) is 8.95. The van der Waals surface area contributed by atoms with Gasteiger partial charge in [0.15, 0.2) is 0 Å². The van der Waals surface area contributed by atoms with Gasteiger partial charge < -0.3 is 14.7 Å². The zero-order chi connectivity index (χ0) is 13.8. The molecular formula is C14H18BrNO3. The van der Waals surface area contributed by atoms with Gasteiger partial charge in [0, 0.05) is 24.7 Å². The first-order valence-corrected chi connectivity index (χ1v) is 7.19. The van der Waals surface area contributed by atoms with Crippen LogP contribution in [0.2, 0.25) is 0 Å². The second-order valence-electron chi connectivity index (χ2n) is 4.94. The van der Waals surface area contributed by atoms with Gasteiger partial charge >= 0.3 is 5.97 Å². The molecule has 1 aromatic carbocycles. The van der Waals surface area contributed by atoms with Crippen LogP contribution in [-0.2, 0) is 4.74 Å². The molecule has 2 rings (SSSR count). The zero-order valence-corrected chi connectivity index (χ0v) is 12.5. The van der Waals surface area contributed by atoms with Crippen LogP contribution in [-0.4, -0.2) is 37.9 Å². The maximum atomic E-state index is 10.9. The smallest absolute Gasteiger partial charge is 0.335 e. The minimum atomic E-state index is -0.907. The highest BCUT2D eigenvalue weighted by molar-refractivity contribution is 9.10. The van der Waals surface area contributed by atoms with Gasteiger partial charge in [-0.05, 0) is 52.9 Å². The highest BCUT2D eigenvalue weighted by Crippen LogP contribution is 2.28. The molecule has 1 saturated heterocycles. The minimum Gasteiger partial charge on any atom is -0.478 e. The first-order valence-electron chi connectivity index (χ1n) is 6.39. The Morgan fingerprint density at radius 1 is 1.58 bits per heavy atom. The summed E-state index contributed by atoms with van der Waals surface area (Å²) in [5.41, 5.74) is 1.31. The van der Waals surface area contributed by atoms with E-state index >= 15 is 0 Å². The predicted octanol–water partition coefficient (Wildman–Crippen LogP) is 3.01. The molecular weight excluding hydrogens is 310 g/mol. The zero-order valence-electron chi connectivity index (χ0n) is 10.9. The van der Waals surface area contributed by atoms with Crippen LogP contribution < -0.4 is 4.90 Å². The fraction of sp³-hybridized carbons (Fsp3) is 0.500. The van der Waals surface area contributed by atoms with Crippen LogP contribution in [0.25, 0.3) is 0 Å². The van der Waals surface area contributed by atoms with Gasteiger partial charge in [-0.15, -0.1) is 0 Å². The van der Waals surface area contributed by atoms with Crippen molar-refractivity contribution in [2.75, 3.05) is 31.7 Å². The maximum absolute atomic E-state index is 10.9. The van der Waals surface area contributed by atoms with Crippen molar-refractivity contribution in [2.24, 2.45) is 5.92 Å². The van der Waals surface area contributed by atoms with Crippen molar-refractivity contribution in [1.82, 2.24) is 0 Å². The molecule has 5 heteroatoms. The lowest BCUT2D eigenvalue weighted by Gasteiger charge is -2.29. The Kier molecular flexibility index (Phi) is 4.82. The number of ether oxygens (including phenoxy) is 1. The van der Waals surface area contributed by atoms with Crippen molar-refractivity contribution in [3.05, 3.63) is 28.2 Å². The normalized spacial score (nSPS) is 19.2. The molecule has 19 heavy (non-hydrogen) atoms. The highest BCUT2D eigenvalue weighted by atomic mass is 79.9. The lowest BCUT2D eigenvalue weighted by Crippen LogP contribution is -2.31. The van der Waals surface area contributed by atoms with E-state index in [1.165, 1.54) is 6.42 Å². The Labute approximate surface area is 121 Å². The molecule has 0 saturated carbocycles. The van der Waals surface area contributed by atoms with Gasteiger partial charge in [-0.2, -0.15) is 0 Å². The molecule has 1 atom stereocenters. The summed E-state index contributed by atoms with van der Waals surface area (Å²) in [7, 11) is 2.02. The summed E-state index contributed by atoms with van der Waals surface area (Å²) in [5.74, 6) is -0.361. The molecule has 104 valence electrons. The van der Waals surface area contributed by atoms with Gasteiger partial charge in [0.2, 0.25) is 0 Å². The van der Waals surface area contributed by atoms with E-state index < -0.39 is 5.97 Å². The van der Waals surface area contributed by atoms with Gasteiger partial charge in [0.1, 0.15) is 0 Å². The van der Waals surface area contributed by atoms with Crippen LogP contribution >= 0.6 is 15.9 Å². The maximum Gasteiger partial charge on any atom is 0.335 e. The molecule has 0 aliphatic carbocycles. The number of hydrogen-bond acceptors (Lipinski definition) is 3.